The monoisotopic (exact) mass is 743 g/mol. The molecule has 1 saturated heterocycles. The Labute approximate surface area is 293 Å². The Morgan fingerprint density at radius 2 is 1.94 bits per heavy atom. The molecule has 5 atom stereocenters. The van der Waals surface area contributed by atoms with Gasteiger partial charge in [-0.1, -0.05) is 55.9 Å². The summed E-state index contributed by atoms with van der Waals surface area (Å²) in [5, 5.41) is 16.4. The molecule has 4 rings (SSSR count). The highest BCUT2D eigenvalue weighted by molar-refractivity contribution is 8.13. The molecule has 16 nitrogen and oxygen atoms in total. The predicted molar refractivity (Wildman–Crippen MR) is 184 cm³/mol. The number of nitrogens with zero attached hydrogens (tertiary/aromatic N) is 4. The number of fused-ring (bicyclic) bond motifs is 1. The summed E-state index contributed by atoms with van der Waals surface area (Å²) < 4.78 is 43.6. The number of aliphatic hydroxyl groups is 1. The number of hydrogen-bond acceptors (Lipinski definition) is 14. The Kier molecular flexibility index (Phi) is 13.3. The molecule has 3 heterocycles. The Morgan fingerprint density at radius 3 is 2.63 bits per heavy atom. The molecule has 270 valence electrons. The summed E-state index contributed by atoms with van der Waals surface area (Å²) in [4.78, 5) is 35.9. The van der Waals surface area contributed by atoms with Crippen LogP contribution in [0.4, 0.5) is 10.7 Å². The van der Waals surface area contributed by atoms with Crippen LogP contribution in [0.5, 0.6) is 5.88 Å². The van der Waals surface area contributed by atoms with E-state index in [1.54, 1.807) is 34.6 Å². The number of halogens is 1. The number of benzene rings is 1. The number of amides is 1. The van der Waals surface area contributed by atoms with Crippen molar-refractivity contribution in [2.24, 2.45) is 5.41 Å². The molecule has 2 aromatic heterocycles. The second kappa shape index (κ2) is 16.8. The molecule has 0 radical (unpaired) electrons. The first-order chi connectivity index (χ1) is 23.2. The van der Waals surface area contributed by atoms with Crippen LogP contribution in [0.3, 0.4) is 0 Å². The smallest absolute Gasteiger partial charge is 0.407 e. The van der Waals surface area contributed by atoms with Gasteiger partial charge in [0.2, 0.25) is 11.8 Å². The van der Waals surface area contributed by atoms with Gasteiger partial charge in [0.15, 0.2) is 22.5 Å². The fraction of sp³-hybridized carbons (Fsp3) is 0.567. The molecule has 1 aliphatic heterocycles. The van der Waals surface area contributed by atoms with Gasteiger partial charge in [0, 0.05) is 18.8 Å². The highest BCUT2D eigenvalue weighted by Crippen LogP contribution is 2.48. The quantitative estimate of drug-likeness (QED) is 0.0874. The van der Waals surface area contributed by atoms with Crippen LogP contribution in [-0.2, 0) is 34.4 Å². The predicted octanol–water partition coefficient (Wildman–Crippen LogP) is 4.03. The lowest BCUT2D eigenvalue weighted by atomic mass is 9.96. The number of aliphatic hydroxyl groups excluding tert-OH is 1. The first kappa shape index (κ1) is 38.8. The Morgan fingerprint density at radius 1 is 1.20 bits per heavy atom. The zero-order valence-electron chi connectivity index (χ0n) is 28.0. The van der Waals surface area contributed by atoms with Crippen molar-refractivity contribution in [2.45, 2.75) is 64.5 Å². The molecule has 49 heavy (non-hydrogen) atoms. The topological polar surface area (TPSA) is 211 Å². The first-order valence-electron chi connectivity index (χ1n) is 15.6. The normalized spacial score (nSPS) is 22.1. The molecular weight excluding hydrogens is 701 g/mol. The van der Waals surface area contributed by atoms with Crippen LogP contribution in [-0.4, -0.2) is 91.6 Å². The van der Waals surface area contributed by atoms with E-state index < -0.39 is 42.6 Å². The lowest BCUT2D eigenvalue weighted by molar-refractivity contribution is -0.117. The van der Waals surface area contributed by atoms with Crippen LogP contribution in [0.25, 0.3) is 11.2 Å². The highest BCUT2D eigenvalue weighted by atomic mass is 35.5. The van der Waals surface area contributed by atoms with E-state index in [-0.39, 0.29) is 61.3 Å². The highest BCUT2D eigenvalue weighted by Gasteiger charge is 2.54. The summed E-state index contributed by atoms with van der Waals surface area (Å²) in [5.41, 5.74) is 6.45. The summed E-state index contributed by atoms with van der Waals surface area (Å²) >= 11 is 7.83. The summed E-state index contributed by atoms with van der Waals surface area (Å²) in [6, 6.07) is 9.21. The van der Waals surface area contributed by atoms with E-state index in [0.29, 0.717) is 12.1 Å². The standard InChI is InChI=1S/C30H43ClN7O9PS/c1-6-43-24-21-23(36-27(32)37-24)38(18-34-21)25-30(5,31)22(39)20(47-25)16-46-48(42,35-15-19-11-9-8-10-12-19)45-13-14-49-26(40)29(3,4)17-33-28(41)44-7-2/h8-12,18,20,22,25,39H,6-7,13-17H2,1-5H3,(H,33,41)(H,35,42)(H2,32,36,37)/t20-,22-,25-,30-,48+/m1/s1. The molecule has 0 bridgehead atoms. The number of carbonyl (C=O) groups is 2. The van der Waals surface area contributed by atoms with Gasteiger partial charge in [0.1, 0.15) is 17.1 Å². The van der Waals surface area contributed by atoms with Gasteiger partial charge < -0.3 is 30.4 Å². The van der Waals surface area contributed by atoms with E-state index in [1.165, 1.54) is 10.9 Å². The van der Waals surface area contributed by atoms with Crippen molar-refractivity contribution < 1.29 is 42.5 Å². The fourth-order valence-corrected chi connectivity index (χ4v) is 7.33. The van der Waals surface area contributed by atoms with Gasteiger partial charge in [0.05, 0.1) is 38.2 Å². The number of hydrogen-bond donors (Lipinski definition) is 4. The van der Waals surface area contributed by atoms with Crippen molar-refractivity contribution in [3.05, 3.63) is 42.2 Å². The Bertz CT molecular complexity index is 1630. The van der Waals surface area contributed by atoms with E-state index >= 15 is 0 Å². The summed E-state index contributed by atoms with van der Waals surface area (Å²) in [6.45, 7) is 8.73. The molecule has 1 fully saturated rings. The maximum Gasteiger partial charge on any atom is 0.407 e. The number of alkyl halides is 1. The number of carbonyl (C=O) groups excluding carboxylic acids is 2. The number of nitrogen functional groups attached to an aromatic ring is 1. The number of aromatic nitrogens is 4. The van der Waals surface area contributed by atoms with Crippen molar-refractivity contribution in [1.29, 1.82) is 0 Å². The molecular formula is C30H43ClN7O9PS. The van der Waals surface area contributed by atoms with Crippen molar-refractivity contribution in [1.82, 2.24) is 29.9 Å². The molecule has 1 aromatic carbocycles. The number of thioether (sulfide) groups is 1. The lowest BCUT2D eigenvalue weighted by Crippen LogP contribution is -2.40. The van der Waals surface area contributed by atoms with Crippen molar-refractivity contribution in [2.75, 3.05) is 44.5 Å². The van der Waals surface area contributed by atoms with Crippen LogP contribution in [0, 0.1) is 5.41 Å². The molecule has 0 saturated carbocycles. The molecule has 1 amide bonds. The largest absolute Gasteiger partial charge is 0.476 e. The van der Waals surface area contributed by atoms with Gasteiger partial charge in [-0.05, 0) is 26.3 Å². The third-order valence-corrected chi connectivity index (χ3v) is 10.6. The van der Waals surface area contributed by atoms with Crippen LogP contribution in [0.15, 0.2) is 36.7 Å². The van der Waals surface area contributed by atoms with E-state index in [0.717, 1.165) is 17.3 Å². The molecule has 0 unspecified atom stereocenters. The van der Waals surface area contributed by atoms with Crippen LogP contribution in [0.2, 0.25) is 0 Å². The number of nitrogens with one attached hydrogen (secondary N) is 2. The molecule has 5 N–H and O–H groups in total. The molecule has 19 heteroatoms. The van der Waals surface area contributed by atoms with Crippen LogP contribution in [0.1, 0.15) is 46.4 Å². The third kappa shape index (κ3) is 9.82. The van der Waals surface area contributed by atoms with Gasteiger partial charge in [-0.15, -0.1) is 11.6 Å². The maximum atomic E-state index is 14.0. The van der Waals surface area contributed by atoms with E-state index in [1.807, 2.05) is 30.3 Å². The maximum absolute atomic E-state index is 14.0. The average Bonchev–Trinajstić information content (AvgIpc) is 3.58. The summed E-state index contributed by atoms with van der Waals surface area (Å²) in [5.74, 6) is 0.291. The van der Waals surface area contributed by atoms with Gasteiger partial charge >= 0.3 is 13.8 Å². The number of alkyl carbamates (subject to hydrolysis) is 1. The van der Waals surface area contributed by atoms with E-state index in [9.17, 15) is 19.3 Å². The zero-order valence-corrected chi connectivity index (χ0v) is 30.4. The minimum Gasteiger partial charge on any atom is -0.476 e. The number of rotatable bonds is 17. The van der Waals surface area contributed by atoms with Gasteiger partial charge in [-0.25, -0.2) is 19.4 Å². The van der Waals surface area contributed by atoms with Crippen molar-refractivity contribution >= 4 is 59.4 Å². The SMILES string of the molecule is CCOC(=O)NCC(C)(C)C(=O)SCCO[P@@](=O)(NCc1ccccc1)OC[C@H]1O[C@@H](n2cnc3c(OCC)nc(N)nc32)[C@](C)(Cl)[C@@H]1O. The van der Waals surface area contributed by atoms with Crippen molar-refractivity contribution in [3.8, 4) is 5.88 Å². The molecule has 0 aliphatic carbocycles. The Hall–Kier alpha value is -3.02. The third-order valence-electron chi connectivity index (χ3n) is 7.47. The number of ether oxygens (including phenoxy) is 3. The summed E-state index contributed by atoms with van der Waals surface area (Å²) in [6.07, 6.45) is -2.50. The lowest BCUT2D eigenvalue weighted by Gasteiger charge is -2.26. The van der Waals surface area contributed by atoms with Gasteiger partial charge in [-0.3, -0.25) is 18.4 Å². The number of imidazole rings is 1. The molecule has 3 aromatic rings. The minimum absolute atomic E-state index is 0.0493. The molecule has 0 spiro atoms. The molecule has 1 aliphatic rings. The first-order valence-corrected chi connectivity index (χ1v) is 18.5. The fourth-order valence-electron chi connectivity index (χ4n) is 4.78. The Balaban J connectivity index is 1.42. The van der Waals surface area contributed by atoms with Gasteiger partial charge in [0.25, 0.3) is 0 Å². The second-order valence-corrected chi connectivity index (χ2v) is 15.5. The minimum atomic E-state index is -4.03. The van der Waals surface area contributed by atoms with Crippen LogP contribution >= 0.6 is 31.1 Å². The zero-order chi connectivity index (χ0) is 35.8. The number of nitrogens with two attached hydrogens (primary N) is 1. The van der Waals surface area contributed by atoms with E-state index in [2.05, 4.69) is 25.4 Å². The second-order valence-electron chi connectivity index (χ2n) is 11.8. The van der Waals surface area contributed by atoms with Gasteiger partial charge in [-0.2, -0.15) is 9.97 Å². The number of anilines is 1. The summed E-state index contributed by atoms with van der Waals surface area (Å²) in [7, 11) is -4.03. The van der Waals surface area contributed by atoms with Crippen molar-refractivity contribution in [3.63, 3.8) is 0 Å². The van der Waals surface area contributed by atoms with Crippen LogP contribution < -0.4 is 20.9 Å². The van der Waals surface area contributed by atoms with E-state index in [4.69, 9.17) is 40.6 Å². The average molecular weight is 744 g/mol.